The molecule has 0 aliphatic rings. The Kier molecular flexibility index (Phi) is 6.77. The number of benzene rings is 1. The standard InChI is InChI=1S/C17H19FN4OS.HI/c1-10-7-20-16(24-10)9-22-17(19-3)21-8-15-11(2)13-6-12(18)4-5-14(13)23-15;/h4-7H,8-9H2,1-3H3,(H2,19,21,22);1H. The topological polar surface area (TPSA) is 62.5 Å². The quantitative estimate of drug-likeness (QED) is 0.339. The summed E-state index contributed by atoms with van der Waals surface area (Å²) in [5, 5.41) is 8.23. The molecule has 0 bridgehead atoms. The predicted octanol–water partition coefficient (Wildman–Crippen LogP) is 4.13. The first-order valence-electron chi connectivity index (χ1n) is 7.60. The van der Waals surface area contributed by atoms with Crippen molar-refractivity contribution in [3.8, 4) is 0 Å². The molecule has 25 heavy (non-hydrogen) atoms. The second-order valence-corrected chi connectivity index (χ2v) is 6.75. The normalized spacial score (nSPS) is 11.4. The third-order valence-electron chi connectivity index (χ3n) is 3.71. The van der Waals surface area contributed by atoms with Gasteiger partial charge < -0.3 is 15.1 Å². The van der Waals surface area contributed by atoms with E-state index in [1.807, 2.05) is 20.0 Å². The Labute approximate surface area is 166 Å². The van der Waals surface area contributed by atoms with Gasteiger partial charge in [0, 0.05) is 29.1 Å². The molecule has 0 spiro atoms. The Morgan fingerprint density at radius 1 is 1.28 bits per heavy atom. The number of nitrogens with one attached hydrogen (secondary N) is 2. The van der Waals surface area contributed by atoms with Gasteiger partial charge in [-0.05, 0) is 32.0 Å². The van der Waals surface area contributed by atoms with E-state index in [2.05, 4.69) is 20.6 Å². The number of hydrogen-bond donors (Lipinski definition) is 2. The third-order valence-corrected chi connectivity index (χ3v) is 4.63. The molecule has 0 aliphatic carbocycles. The molecule has 0 aliphatic heterocycles. The maximum Gasteiger partial charge on any atom is 0.191 e. The van der Waals surface area contributed by atoms with Gasteiger partial charge in [-0.2, -0.15) is 0 Å². The molecule has 0 fully saturated rings. The van der Waals surface area contributed by atoms with Crippen LogP contribution in [0.25, 0.3) is 11.0 Å². The van der Waals surface area contributed by atoms with Crippen LogP contribution in [0, 0.1) is 19.7 Å². The van der Waals surface area contributed by atoms with Crippen molar-refractivity contribution in [1.29, 1.82) is 0 Å². The lowest BCUT2D eigenvalue weighted by atomic mass is 10.1. The molecule has 5 nitrogen and oxygen atoms in total. The van der Waals surface area contributed by atoms with Crippen molar-refractivity contribution in [2.75, 3.05) is 7.05 Å². The van der Waals surface area contributed by atoms with Crippen LogP contribution in [-0.2, 0) is 13.1 Å². The number of rotatable bonds is 4. The number of aliphatic imine (C=N–C) groups is 1. The molecule has 3 aromatic rings. The van der Waals surface area contributed by atoms with Crippen molar-refractivity contribution in [2.24, 2.45) is 4.99 Å². The molecule has 0 saturated carbocycles. The fourth-order valence-corrected chi connectivity index (χ4v) is 3.17. The molecule has 0 unspecified atom stereocenters. The first kappa shape index (κ1) is 19.6. The Balaban J connectivity index is 0.00000225. The average Bonchev–Trinajstić information content (AvgIpc) is 3.12. The Morgan fingerprint density at radius 3 is 2.72 bits per heavy atom. The van der Waals surface area contributed by atoms with Gasteiger partial charge in [0.25, 0.3) is 0 Å². The van der Waals surface area contributed by atoms with Crippen molar-refractivity contribution in [3.05, 3.63) is 51.4 Å². The summed E-state index contributed by atoms with van der Waals surface area (Å²) in [6.45, 7) is 5.04. The van der Waals surface area contributed by atoms with Gasteiger partial charge in [0.05, 0.1) is 13.1 Å². The number of aromatic nitrogens is 1. The zero-order valence-electron chi connectivity index (χ0n) is 14.2. The summed E-state index contributed by atoms with van der Waals surface area (Å²) >= 11 is 1.65. The molecule has 0 atom stereocenters. The zero-order valence-corrected chi connectivity index (χ0v) is 17.4. The van der Waals surface area contributed by atoms with Crippen LogP contribution in [0.3, 0.4) is 0 Å². The van der Waals surface area contributed by atoms with Gasteiger partial charge >= 0.3 is 0 Å². The highest BCUT2D eigenvalue weighted by atomic mass is 127. The minimum Gasteiger partial charge on any atom is -0.459 e. The fourth-order valence-electron chi connectivity index (χ4n) is 2.44. The number of hydrogen-bond acceptors (Lipinski definition) is 4. The first-order valence-corrected chi connectivity index (χ1v) is 8.42. The van der Waals surface area contributed by atoms with Gasteiger partial charge in [-0.1, -0.05) is 0 Å². The number of aryl methyl sites for hydroxylation is 2. The van der Waals surface area contributed by atoms with Crippen LogP contribution in [0.2, 0.25) is 0 Å². The summed E-state index contributed by atoms with van der Waals surface area (Å²) < 4.78 is 19.2. The minimum atomic E-state index is -0.262. The number of halogens is 2. The maximum absolute atomic E-state index is 13.4. The number of fused-ring (bicyclic) bond motifs is 1. The van der Waals surface area contributed by atoms with Crippen molar-refractivity contribution in [3.63, 3.8) is 0 Å². The average molecular weight is 474 g/mol. The lowest BCUT2D eigenvalue weighted by molar-refractivity contribution is 0.534. The van der Waals surface area contributed by atoms with Gasteiger partial charge in [-0.15, -0.1) is 35.3 Å². The van der Waals surface area contributed by atoms with Gasteiger partial charge in [0.2, 0.25) is 0 Å². The Morgan fingerprint density at radius 2 is 2.04 bits per heavy atom. The smallest absolute Gasteiger partial charge is 0.191 e. The summed E-state index contributed by atoms with van der Waals surface area (Å²) in [4.78, 5) is 9.68. The molecule has 3 rings (SSSR count). The van der Waals surface area contributed by atoms with E-state index >= 15 is 0 Å². The van der Waals surface area contributed by atoms with Crippen LogP contribution in [0.5, 0.6) is 0 Å². The molecule has 0 radical (unpaired) electrons. The Bertz CT molecular complexity index is 890. The van der Waals surface area contributed by atoms with Crippen molar-refractivity contribution in [1.82, 2.24) is 15.6 Å². The summed E-state index contributed by atoms with van der Waals surface area (Å²) in [6.07, 6.45) is 1.86. The van der Waals surface area contributed by atoms with Gasteiger partial charge in [0.1, 0.15) is 22.2 Å². The van der Waals surface area contributed by atoms with E-state index in [9.17, 15) is 4.39 Å². The van der Waals surface area contributed by atoms with Gasteiger partial charge in [-0.25, -0.2) is 9.37 Å². The number of guanidine groups is 1. The van der Waals surface area contributed by atoms with E-state index in [0.29, 0.717) is 24.6 Å². The number of nitrogens with zero attached hydrogens (tertiary/aromatic N) is 2. The largest absolute Gasteiger partial charge is 0.459 e. The molecular weight excluding hydrogens is 454 g/mol. The predicted molar refractivity (Wildman–Crippen MR) is 110 cm³/mol. The van der Waals surface area contributed by atoms with Crippen LogP contribution in [0.4, 0.5) is 4.39 Å². The molecule has 2 N–H and O–H groups in total. The van der Waals surface area contributed by atoms with Gasteiger partial charge in [0.15, 0.2) is 5.96 Å². The van der Waals surface area contributed by atoms with E-state index in [-0.39, 0.29) is 29.8 Å². The summed E-state index contributed by atoms with van der Waals surface area (Å²) in [6, 6.07) is 4.55. The first-order chi connectivity index (χ1) is 11.6. The van der Waals surface area contributed by atoms with E-state index in [4.69, 9.17) is 4.42 Å². The number of thiazole rings is 1. The van der Waals surface area contributed by atoms with E-state index in [0.717, 1.165) is 21.7 Å². The highest BCUT2D eigenvalue weighted by Gasteiger charge is 2.11. The molecule has 2 heterocycles. The Hall–Kier alpha value is -1.68. The summed E-state index contributed by atoms with van der Waals surface area (Å²) in [5.41, 5.74) is 1.62. The van der Waals surface area contributed by atoms with Crippen LogP contribution in [0.15, 0.2) is 33.8 Å². The van der Waals surface area contributed by atoms with Gasteiger partial charge in [-0.3, -0.25) is 4.99 Å². The number of furan rings is 1. The van der Waals surface area contributed by atoms with Crippen LogP contribution in [0.1, 0.15) is 21.2 Å². The van der Waals surface area contributed by atoms with E-state index in [1.165, 1.54) is 17.0 Å². The second kappa shape index (κ2) is 8.61. The molecular formula is C17H20FIN4OS. The lowest BCUT2D eigenvalue weighted by Crippen LogP contribution is -2.36. The lowest BCUT2D eigenvalue weighted by Gasteiger charge is -2.10. The molecule has 1 aromatic carbocycles. The molecule has 8 heteroatoms. The monoisotopic (exact) mass is 474 g/mol. The summed E-state index contributed by atoms with van der Waals surface area (Å²) in [7, 11) is 1.71. The van der Waals surface area contributed by atoms with E-state index in [1.54, 1.807) is 24.5 Å². The minimum absolute atomic E-state index is 0. The van der Waals surface area contributed by atoms with Crippen LogP contribution >= 0.6 is 35.3 Å². The molecule has 0 saturated heterocycles. The van der Waals surface area contributed by atoms with Crippen LogP contribution < -0.4 is 10.6 Å². The van der Waals surface area contributed by atoms with Crippen molar-refractivity contribution in [2.45, 2.75) is 26.9 Å². The summed E-state index contributed by atoms with van der Waals surface area (Å²) in [5.74, 6) is 1.17. The second-order valence-electron chi connectivity index (χ2n) is 5.43. The molecule has 2 aromatic heterocycles. The molecule has 134 valence electrons. The highest BCUT2D eigenvalue weighted by Crippen LogP contribution is 2.25. The zero-order chi connectivity index (χ0) is 17.1. The highest BCUT2D eigenvalue weighted by molar-refractivity contribution is 14.0. The molecule has 0 amide bonds. The van der Waals surface area contributed by atoms with Crippen molar-refractivity contribution < 1.29 is 8.81 Å². The van der Waals surface area contributed by atoms with E-state index < -0.39 is 0 Å². The third kappa shape index (κ3) is 4.69. The fraction of sp³-hybridized carbons (Fsp3) is 0.294. The van der Waals surface area contributed by atoms with Crippen LogP contribution in [-0.4, -0.2) is 18.0 Å². The SMILES string of the molecule is CN=C(NCc1ncc(C)s1)NCc1oc2ccc(F)cc2c1C.I. The van der Waals surface area contributed by atoms with Crippen molar-refractivity contribution >= 4 is 52.2 Å². The maximum atomic E-state index is 13.4.